The van der Waals surface area contributed by atoms with Gasteiger partial charge in [0.15, 0.2) is 0 Å². The van der Waals surface area contributed by atoms with Gasteiger partial charge in [0.2, 0.25) is 0 Å². The second-order valence-corrected chi connectivity index (χ2v) is 3.93. The molecular formula is C11H15ClFN. The molecule has 0 aliphatic heterocycles. The van der Waals surface area contributed by atoms with Crippen molar-refractivity contribution in [3.63, 3.8) is 0 Å². The normalized spacial score (nSPS) is 15.2. The summed E-state index contributed by atoms with van der Waals surface area (Å²) in [6.45, 7) is 4.09. The van der Waals surface area contributed by atoms with Crippen LogP contribution in [0.2, 0.25) is 5.02 Å². The highest BCUT2D eigenvalue weighted by molar-refractivity contribution is 6.31. The fourth-order valence-electron chi connectivity index (χ4n) is 1.34. The molecule has 0 amide bonds. The molecule has 78 valence electrons. The third kappa shape index (κ3) is 2.25. The molecule has 1 nitrogen and oxygen atoms in total. The first kappa shape index (κ1) is 11.5. The van der Waals surface area contributed by atoms with Crippen molar-refractivity contribution in [3.8, 4) is 0 Å². The predicted octanol–water partition coefficient (Wildman–Crippen LogP) is 3.53. The molecule has 0 heterocycles. The van der Waals surface area contributed by atoms with Crippen molar-refractivity contribution in [1.82, 2.24) is 0 Å². The van der Waals surface area contributed by atoms with Crippen molar-refractivity contribution in [1.29, 1.82) is 0 Å². The minimum atomic E-state index is -0.400. The SMILES string of the molecule is CCC(C)[C@H](N)c1cccc(F)c1Cl. The van der Waals surface area contributed by atoms with Gasteiger partial charge in [-0.15, -0.1) is 0 Å². The van der Waals surface area contributed by atoms with Crippen LogP contribution in [0.4, 0.5) is 4.39 Å². The van der Waals surface area contributed by atoms with E-state index in [9.17, 15) is 4.39 Å². The molecule has 1 aromatic carbocycles. The van der Waals surface area contributed by atoms with E-state index < -0.39 is 5.82 Å². The highest BCUT2D eigenvalue weighted by Gasteiger charge is 2.17. The Morgan fingerprint density at radius 2 is 2.14 bits per heavy atom. The van der Waals surface area contributed by atoms with Crippen LogP contribution in [0, 0.1) is 11.7 Å². The molecule has 0 radical (unpaired) electrons. The third-order valence-corrected chi connectivity index (χ3v) is 3.00. The molecule has 0 bridgehead atoms. The van der Waals surface area contributed by atoms with Crippen LogP contribution in [-0.2, 0) is 0 Å². The molecule has 1 aromatic rings. The summed E-state index contributed by atoms with van der Waals surface area (Å²) >= 11 is 5.83. The zero-order valence-corrected chi connectivity index (χ0v) is 9.18. The summed E-state index contributed by atoms with van der Waals surface area (Å²) in [4.78, 5) is 0. The van der Waals surface area contributed by atoms with E-state index in [2.05, 4.69) is 6.92 Å². The van der Waals surface area contributed by atoms with Crippen LogP contribution in [0.5, 0.6) is 0 Å². The van der Waals surface area contributed by atoms with Gasteiger partial charge in [-0.05, 0) is 17.5 Å². The maximum absolute atomic E-state index is 13.1. The number of hydrogen-bond donors (Lipinski definition) is 1. The summed E-state index contributed by atoms with van der Waals surface area (Å²) in [5.74, 6) is -0.0998. The van der Waals surface area contributed by atoms with E-state index >= 15 is 0 Å². The first-order valence-corrected chi connectivity index (χ1v) is 5.15. The molecule has 2 N–H and O–H groups in total. The van der Waals surface area contributed by atoms with E-state index in [1.54, 1.807) is 12.1 Å². The van der Waals surface area contributed by atoms with Gasteiger partial charge in [-0.2, -0.15) is 0 Å². The Morgan fingerprint density at radius 3 is 2.71 bits per heavy atom. The smallest absolute Gasteiger partial charge is 0.142 e. The van der Waals surface area contributed by atoms with Crippen molar-refractivity contribution in [3.05, 3.63) is 34.6 Å². The highest BCUT2D eigenvalue weighted by atomic mass is 35.5. The van der Waals surface area contributed by atoms with E-state index in [1.807, 2.05) is 6.92 Å². The first-order valence-electron chi connectivity index (χ1n) is 4.77. The summed E-state index contributed by atoms with van der Waals surface area (Å²) in [7, 11) is 0. The zero-order valence-electron chi connectivity index (χ0n) is 8.43. The molecule has 0 aliphatic carbocycles. The monoisotopic (exact) mass is 215 g/mol. The van der Waals surface area contributed by atoms with Crippen LogP contribution in [0.25, 0.3) is 0 Å². The summed E-state index contributed by atoms with van der Waals surface area (Å²) in [5, 5.41) is 0.153. The first-order chi connectivity index (χ1) is 6.57. The molecule has 0 saturated carbocycles. The summed E-state index contributed by atoms with van der Waals surface area (Å²) in [5.41, 5.74) is 6.66. The second-order valence-electron chi connectivity index (χ2n) is 3.55. The lowest BCUT2D eigenvalue weighted by Crippen LogP contribution is -2.19. The quantitative estimate of drug-likeness (QED) is 0.820. The lowest BCUT2D eigenvalue weighted by Gasteiger charge is -2.19. The van der Waals surface area contributed by atoms with Crippen LogP contribution in [0.15, 0.2) is 18.2 Å². The predicted molar refractivity (Wildman–Crippen MR) is 57.8 cm³/mol. The third-order valence-electron chi connectivity index (χ3n) is 2.60. The standard InChI is InChI=1S/C11H15ClFN/c1-3-7(2)11(14)8-5-4-6-9(13)10(8)12/h4-7,11H,3,14H2,1-2H3/t7?,11-/m0/s1. The minimum absolute atomic E-state index is 0.153. The fourth-order valence-corrected chi connectivity index (χ4v) is 1.59. The Labute approximate surface area is 89.1 Å². The van der Waals surface area contributed by atoms with Gasteiger partial charge in [-0.3, -0.25) is 0 Å². The van der Waals surface area contributed by atoms with Crippen LogP contribution in [0.3, 0.4) is 0 Å². The maximum Gasteiger partial charge on any atom is 0.142 e. The average Bonchev–Trinajstić information content (AvgIpc) is 2.20. The number of hydrogen-bond acceptors (Lipinski definition) is 1. The molecule has 0 spiro atoms. The van der Waals surface area contributed by atoms with Gasteiger partial charge in [0.1, 0.15) is 5.82 Å². The summed E-state index contributed by atoms with van der Waals surface area (Å²) in [6.07, 6.45) is 0.952. The lowest BCUT2D eigenvalue weighted by atomic mass is 9.93. The van der Waals surface area contributed by atoms with Gasteiger partial charge in [0.05, 0.1) is 5.02 Å². The van der Waals surface area contributed by atoms with Gasteiger partial charge in [-0.25, -0.2) is 4.39 Å². The lowest BCUT2D eigenvalue weighted by molar-refractivity contribution is 0.455. The zero-order chi connectivity index (χ0) is 10.7. The van der Waals surface area contributed by atoms with Crippen molar-refractivity contribution in [2.75, 3.05) is 0 Å². The number of halogens is 2. The Morgan fingerprint density at radius 1 is 1.50 bits per heavy atom. The molecule has 0 aromatic heterocycles. The Hall–Kier alpha value is -0.600. The minimum Gasteiger partial charge on any atom is -0.324 e. The largest absolute Gasteiger partial charge is 0.324 e. The Bertz CT molecular complexity index is 314. The summed E-state index contributed by atoms with van der Waals surface area (Å²) < 4.78 is 13.1. The molecule has 2 atom stereocenters. The fraction of sp³-hybridized carbons (Fsp3) is 0.455. The maximum atomic E-state index is 13.1. The number of benzene rings is 1. The second kappa shape index (κ2) is 4.76. The van der Waals surface area contributed by atoms with Gasteiger partial charge in [0, 0.05) is 6.04 Å². The average molecular weight is 216 g/mol. The molecule has 0 aliphatic rings. The molecule has 1 rings (SSSR count). The topological polar surface area (TPSA) is 26.0 Å². The Balaban J connectivity index is 3.01. The van der Waals surface area contributed by atoms with Crippen molar-refractivity contribution < 1.29 is 4.39 Å². The molecule has 0 saturated heterocycles. The molecule has 1 unspecified atom stereocenters. The van der Waals surface area contributed by atoms with E-state index in [0.717, 1.165) is 6.42 Å². The van der Waals surface area contributed by atoms with E-state index in [0.29, 0.717) is 11.5 Å². The van der Waals surface area contributed by atoms with Crippen LogP contribution in [0.1, 0.15) is 31.9 Å². The molecule has 14 heavy (non-hydrogen) atoms. The van der Waals surface area contributed by atoms with E-state index in [-0.39, 0.29) is 11.1 Å². The van der Waals surface area contributed by atoms with Gasteiger partial charge in [0.25, 0.3) is 0 Å². The summed E-state index contributed by atoms with van der Waals surface area (Å²) in [6, 6.07) is 4.57. The van der Waals surface area contributed by atoms with E-state index in [4.69, 9.17) is 17.3 Å². The van der Waals surface area contributed by atoms with Gasteiger partial charge in [-0.1, -0.05) is 44.0 Å². The molecule has 3 heteroatoms. The highest BCUT2D eigenvalue weighted by Crippen LogP contribution is 2.29. The van der Waals surface area contributed by atoms with Gasteiger partial charge < -0.3 is 5.73 Å². The van der Waals surface area contributed by atoms with Crippen LogP contribution < -0.4 is 5.73 Å². The van der Waals surface area contributed by atoms with Crippen LogP contribution >= 0.6 is 11.6 Å². The van der Waals surface area contributed by atoms with Crippen LogP contribution in [-0.4, -0.2) is 0 Å². The molecular weight excluding hydrogens is 201 g/mol. The van der Waals surface area contributed by atoms with Crippen molar-refractivity contribution >= 4 is 11.6 Å². The number of nitrogens with two attached hydrogens (primary N) is 1. The van der Waals surface area contributed by atoms with Gasteiger partial charge >= 0.3 is 0 Å². The molecule has 0 fully saturated rings. The van der Waals surface area contributed by atoms with Crippen molar-refractivity contribution in [2.24, 2.45) is 11.7 Å². The van der Waals surface area contributed by atoms with E-state index in [1.165, 1.54) is 6.07 Å². The van der Waals surface area contributed by atoms with Crippen molar-refractivity contribution in [2.45, 2.75) is 26.3 Å². The Kier molecular flexibility index (Phi) is 3.90. The number of rotatable bonds is 3.